The van der Waals surface area contributed by atoms with E-state index < -0.39 is 6.10 Å². The number of benzene rings is 2. The SMILES string of the molecule is O=C(Nc1ccc(OC2CCCC2)cc1)[C@H]1COc2ccccc2O1. The van der Waals surface area contributed by atoms with Gasteiger partial charge in [-0.3, -0.25) is 4.79 Å². The number of carbonyl (C=O) groups is 1. The van der Waals surface area contributed by atoms with Crippen molar-refractivity contribution in [2.45, 2.75) is 37.9 Å². The largest absolute Gasteiger partial charge is 0.490 e. The number of anilines is 1. The van der Waals surface area contributed by atoms with Crippen LogP contribution in [0.15, 0.2) is 48.5 Å². The summed E-state index contributed by atoms with van der Waals surface area (Å²) in [6.45, 7) is 0.200. The van der Waals surface area contributed by atoms with Gasteiger partial charge in [0.1, 0.15) is 12.4 Å². The zero-order chi connectivity index (χ0) is 17.1. The number of rotatable bonds is 4. The predicted octanol–water partition coefficient (Wildman–Crippen LogP) is 3.79. The van der Waals surface area contributed by atoms with Crippen molar-refractivity contribution in [1.82, 2.24) is 0 Å². The Morgan fingerprint density at radius 3 is 2.48 bits per heavy atom. The first-order valence-corrected chi connectivity index (χ1v) is 8.74. The molecule has 0 bridgehead atoms. The molecule has 1 saturated carbocycles. The molecule has 5 heteroatoms. The van der Waals surface area contributed by atoms with Gasteiger partial charge in [0, 0.05) is 5.69 Å². The predicted molar refractivity (Wildman–Crippen MR) is 94.3 cm³/mol. The summed E-state index contributed by atoms with van der Waals surface area (Å²) in [7, 11) is 0. The molecule has 130 valence electrons. The monoisotopic (exact) mass is 339 g/mol. The second-order valence-corrected chi connectivity index (χ2v) is 6.40. The summed E-state index contributed by atoms with van der Waals surface area (Å²) in [6.07, 6.45) is 4.40. The highest BCUT2D eigenvalue weighted by Crippen LogP contribution is 2.31. The van der Waals surface area contributed by atoms with E-state index in [4.69, 9.17) is 14.2 Å². The van der Waals surface area contributed by atoms with Gasteiger partial charge in [-0.15, -0.1) is 0 Å². The Hall–Kier alpha value is -2.69. The summed E-state index contributed by atoms with van der Waals surface area (Å²) in [5.74, 6) is 1.88. The number of amides is 1. The summed E-state index contributed by atoms with van der Waals surface area (Å²) in [5, 5.41) is 2.86. The molecule has 0 radical (unpaired) electrons. The summed E-state index contributed by atoms with van der Waals surface area (Å²) in [4.78, 5) is 12.4. The van der Waals surface area contributed by atoms with Crippen molar-refractivity contribution in [3.63, 3.8) is 0 Å². The molecule has 1 heterocycles. The molecule has 0 spiro atoms. The van der Waals surface area contributed by atoms with Crippen LogP contribution in [0.3, 0.4) is 0 Å². The van der Waals surface area contributed by atoms with Crippen LogP contribution in [0.5, 0.6) is 17.2 Å². The zero-order valence-corrected chi connectivity index (χ0v) is 13.9. The van der Waals surface area contributed by atoms with Gasteiger partial charge in [-0.2, -0.15) is 0 Å². The minimum atomic E-state index is -0.663. The van der Waals surface area contributed by atoms with Crippen LogP contribution in [0.1, 0.15) is 25.7 Å². The van der Waals surface area contributed by atoms with E-state index in [-0.39, 0.29) is 12.5 Å². The van der Waals surface area contributed by atoms with Crippen molar-refractivity contribution in [3.8, 4) is 17.2 Å². The maximum Gasteiger partial charge on any atom is 0.269 e. The van der Waals surface area contributed by atoms with Crippen LogP contribution in [0.25, 0.3) is 0 Å². The van der Waals surface area contributed by atoms with Gasteiger partial charge in [-0.1, -0.05) is 12.1 Å². The number of hydrogen-bond donors (Lipinski definition) is 1. The first-order valence-electron chi connectivity index (χ1n) is 8.74. The molecule has 5 nitrogen and oxygen atoms in total. The van der Waals surface area contributed by atoms with Crippen LogP contribution >= 0.6 is 0 Å². The van der Waals surface area contributed by atoms with Crippen molar-refractivity contribution in [2.24, 2.45) is 0 Å². The summed E-state index contributed by atoms with van der Waals surface area (Å²) >= 11 is 0. The first kappa shape index (κ1) is 15.8. The van der Waals surface area contributed by atoms with Crippen LogP contribution in [0, 0.1) is 0 Å². The lowest BCUT2D eigenvalue weighted by atomic mass is 10.2. The molecular formula is C20H21NO4. The highest BCUT2D eigenvalue weighted by Gasteiger charge is 2.27. The molecule has 1 atom stereocenters. The van der Waals surface area contributed by atoms with E-state index in [1.807, 2.05) is 42.5 Å². The third kappa shape index (κ3) is 3.71. The average molecular weight is 339 g/mol. The van der Waals surface area contributed by atoms with Gasteiger partial charge in [0.25, 0.3) is 5.91 Å². The second kappa shape index (κ2) is 7.05. The fourth-order valence-corrected chi connectivity index (χ4v) is 3.19. The molecule has 0 unspecified atom stereocenters. The van der Waals surface area contributed by atoms with Gasteiger partial charge in [-0.25, -0.2) is 0 Å². The van der Waals surface area contributed by atoms with Gasteiger partial charge in [0.2, 0.25) is 6.10 Å². The van der Waals surface area contributed by atoms with Crippen LogP contribution in [-0.2, 0) is 4.79 Å². The van der Waals surface area contributed by atoms with E-state index >= 15 is 0 Å². The Morgan fingerprint density at radius 2 is 1.72 bits per heavy atom. The molecule has 25 heavy (non-hydrogen) atoms. The Balaban J connectivity index is 1.34. The Bertz CT molecular complexity index is 738. The fraction of sp³-hybridized carbons (Fsp3) is 0.350. The molecule has 4 rings (SSSR count). The Morgan fingerprint density at radius 1 is 1.00 bits per heavy atom. The minimum Gasteiger partial charge on any atom is -0.490 e. The molecule has 0 saturated heterocycles. The molecule has 2 aliphatic rings. The van der Waals surface area contributed by atoms with E-state index in [1.54, 1.807) is 6.07 Å². The number of para-hydroxylation sites is 2. The molecule has 1 aliphatic carbocycles. The van der Waals surface area contributed by atoms with E-state index in [2.05, 4.69) is 5.32 Å². The maximum absolute atomic E-state index is 12.4. The molecule has 2 aromatic rings. The molecule has 2 aromatic carbocycles. The number of fused-ring (bicyclic) bond motifs is 1. The lowest BCUT2D eigenvalue weighted by Crippen LogP contribution is -2.40. The van der Waals surface area contributed by atoms with Crippen molar-refractivity contribution in [3.05, 3.63) is 48.5 Å². The van der Waals surface area contributed by atoms with Gasteiger partial charge >= 0.3 is 0 Å². The van der Waals surface area contributed by atoms with Crippen LogP contribution in [-0.4, -0.2) is 24.7 Å². The van der Waals surface area contributed by atoms with Gasteiger partial charge in [-0.05, 0) is 62.1 Å². The van der Waals surface area contributed by atoms with Gasteiger partial charge in [0.15, 0.2) is 11.5 Å². The molecule has 1 N–H and O–H groups in total. The second-order valence-electron chi connectivity index (χ2n) is 6.40. The third-order valence-electron chi connectivity index (χ3n) is 4.53. The van der Waals surface area contributed by atoms with E-state index in [0.717, 1.165) is 18.6 Å². The minimum absolute atomic E-state index is 0.200. The van der Waals surface area contributed by atoms with E-state index in [1.165, 1.54) is 12.8 Å². The lowest BCUT2D eigenvalue weighted by Gasteiger charge is -2.25. The maximum atomic E-state index is 12.4. The third-order valence-corrected chi connectivity index (χ3v) is 4.53. The number of hydrogen-bond acceptors (Lipinski definition) is 4. The highest BCUT2D eigenvalue weighted by atomic mass is 16.6. The Kier molecular flexibility index (Phi) is 4.46. The molecule has 0 aromatic heterocycles. The standard InChI is InChI=1S/C20H21NO4/c22-20(19-13-23-17-7-3-4-8-18(17)25-19)21-14-9-11-16(12-10-14)24-15-5-1-2-6-15/h3-4,7-12,15,19H,1-2,5-6,13H2,(H,21,22)/t19-/m1/s1. The van der Waals surface area contributed by atoms with Gasteiger partial charge < -0.3 is 19.5 Å². The quantitative estimate of drug-likeness (QED) is 0.921. The van der Waals surface area contributed by atoms with Crippen molar-refractivity contribution in [2.75, 3.05) is 11.9 Å². The number of carbonyl (C=O) groups excluding carboxylic acids is 1. The van der Waals surface area contributed by atoms with Crippen LogP contribution < -0.4 is 19.5 Å². The zero-order valence-electron chi connectivity index (χ0n) is 13.9. The topological polar surface area (TPSA) is 56.8 Å². The highest BCUT2D eigenvalue weighted by molar-refractivity contribution is 5.94. The lowest BCUT2D eigenvalue weighted by molar-refractivity contribution is -0.125. The smallest absolute Gasteiger partial charge is 0.269 e. The van der Waals surface area contributed by atoms with Gasteiger partial charge in [0.05, 0.1) is 6.10 Å². The summed E-state index contributed by atoms with van der Waals surface area (Å²) in [6, 6.07) is 14.8. The molecule has 1 fully saturated rings. The molecular weight excluding hydrogens is 318 g/mol. The van der Waals surface area contributed by atoms with Crippen LogP contribution in [0.2, 0.25) is 0 Å². The van der Waals surface area contributed by atoms with Crippen molar-refractivity contribution >= 4 is 11.6 Å². The van der Waals surface area contributed by atoms with Crippen LogP contribution in [0.4, 0.5) is 5.69 Å². The van der Waals surface area contributed by atoms with E-state index in [0.29, 0.717) is 23.3 Å². The van der Waals surface area contributed by atoms with Crippen molar-refractivity contribution < 1.29 is 19.0 Å². The number of nitrogens with one attached hydrogen (secondary N) is 1. The normalized spacial score (nSPS) is 19.4. The number of ether oxygens (including phenoxy) is 3. The van der Waals surface area contributed by atoms with E-state index in [9.17, 15) is 4.79 Å². The first-order chi connectivity index (χ1) is 12.3. The summed E-state index contributed by atoms with van der Waals surface area (Å²) in [5.41, 5.74) is 0.714. The molecule has 1 aliphatic heterocycles. The fourth-order valence-electron chi connectivity index (χ4n) is 3.19. The Labute approximate surface area is 146 Å². The molecule has 1 amide bonds. The summed E-state index contributed by atoms with van der Waals surface area (Å²) < 4.78 is 17.2. The van der Waals surface area contributed by atoms with Crippen molar-refractivity contribution in [1.29, 1.82) is 0 Å². The average Bonchev–Trinajstić information content (AvgIpc) is 3.16.